The molecule has 116 valence electrons. The molecule has 1 aromatic heterocycles. The molecule has 0 aliphatic heterocycles. The molecule has 0 aromatic carbocycles. The van der Waals surface area contributed by atoms with Crippen LogP contribution in [0.2, 0.25) is 0 Å². The number of carboxylic acid groups (broad SMARTS) is 1. The van der Waals surface area contributed by atoms with Crippen LogP contribution >= 0.6 is 0 Å². The maximum Gasteiger partial charge on any atom is 0.311 e. The third-order valence-corrected chi connectivity index (χ3v) is 4.42. The van der Waals surface area contributed by atoms with E-state index in [9.17, 15) is 14.7 Å². The first-order valence-corrected chi connectivity index (χ1v) is 7.65. The van der Waals surface area contributed by atoms with Crippen LogP contribution in [0, 0.1) is 5.41 Å². The van der Waals surface area contributed by atoms with E-state index in [0.29, 0.717) is 18.5 Å². The first-order valence-electron chi connectivity index (χ1n) is 7.65. The molecule has 0 spiro atoms. The Morgan fingerprint density at radius 3 is 2.57 bits per heavy atom. The number of carbonyl (C=O) groups excluding carboxylic acids is 1. The van der Waals surface area contributed by atoms with Crippen LogP contribution in [0.25, 0.3) is 0 Å². The van der Waals surface area contributed by atoms with Gasteiger partial charge in [-0.05, 0) is 38.8 Å². The molecular weight excluding hydrogens is 268 g/mol. The molecule has 5 nitrogen and oxygen atoms in total. The van der Waals surface area contributed by atoms with Crippen molar-refractivity contribution in [2.24, 2.45) is 5.41 Å². The molecule has 5 heteroatoms. The molecule has 1 aliphatic carbocycles. The summed E-state index contributed by atoms with van der Waals surface area (Å²) in [6.45, 7) is 4.23. The van der Waals surface area contributed by atoms with E-state index in [4.69, 9.17) is 0 Å². The number of carboxylic acids is 1. The number of hydrogen-bond acceptors (Lipinski definition) is 2. The largest absolute Gasteiger partial charge is 0.481 e. The summed E-state index contributed by atoms with van der Waals surface area (Å²) in [7, 11) is 0. The Morgan fingerprint density at radius 1 is 1.33 bits per heavy atom. The molecule has 0 bridgehead atoms. The first-order chi connectivity index (χ1) is 9.96. The van der Waals surface area contributed by atoms with E-state index in [1.54, 1.807) is 6.07 Å². The Kier molecular flexibility index (Phi) is 4.70. The highest BCUT2D eigenvalue weighted by molar-refractivity contribution is 5.93. The molecule has 0 saturated heterocycles. The Bertz CT molecular complexity index is 513. The van der Waals surface area contributed by atoms with E-state index in [0.717, 1.165) is 19.3 Å². The molecule has 0 atom stereocenters. The lowest BCUT2D eigenvalue weighted by Crippen LogP contribution is -2.44. The first kappa shape index (κ1) is 15.6. The number of hydrogen-bond donors (Lipinski definition) is 2. The Labute approximate surface area is 125 Å². The number of nitrogens with zero attached hydrogens (tertiary/aromatic N) is 1. The molecular formula is C16H24N2O3. The highest BCUT2D eigenvalue weighted by atomic mass is 16.4. The van der Waals surface area contributed by atoms with Crippen molar-refractivity contribution in [1.29, 1.82) is 0 Å². The summed E-state index contributed by atoms with van der Waals surface area (Å²) in [5.41, 5.74) is -0.204. The monoisotopic (exact) mass is 292 g/mol. The normalized spacial score (nSPS) is 17.7. The molecule has 1 aliphatic rings. The summed E-state index contributed by atoms with van der Waals surface area (Å²) in [6, 6.07) is 3.80. The summed E-state index contributed by atoms with van der Waals surface area (Å²) in [6.07, 6.45) is 6.09. The summed E-state index contributed by atoms with van der Waals surface area (Å²) >= 11 is 0. The zero-order valence-corrected chi connectivity index (χ0v) is 12.8. The minimum absolute atomic E-state index is 0.195. The predicted octanol–water partition coefficient (Wildman–Crippen LogP) is 2.83. The molecule has 0 unspecified atom stereocenters. The zero-order chi connectivity index (χ0) is 15.5. The van der Waals surface area contributed by atoms with E-state index < -0.39 is 11.4 Å². The van der Waals surface area contributed by atoms with Crippen molar-refractivity contribution in [3.8, 4) is 0 Å². The second-order valence-electron chi connectivity index (χ2n) is 6.22. The van der Waals surface area contributed by atoms with Crippen LogP contribution in [-0.2, 0) is 4.79 Å². The zero-order valence-electron chi connectivity index (χ0n) is 12.8. The molecule has 1 aromatic rings. The Morgan fingerprint density at radius 2 is 2.00 bits per heavy atom. The Balaban J connectivity index is 2.05. The second-order valence-corrected chi connectivity index (χ2v) is 6.22. The lowest BCUT2D eigenvalue weighted by atomic mass is 9.74. The number of amides is 1. The van der Waals surface area contributed by atoms with E-state index >= 15 is 0 Å². The summed E-state index contributed by atoms with van der Waals surface area (Å²) < 4.78 is 1.89. The van der Waals surface area contributed by atoms with E-state index in [1.165, 1.54) is 0 Å². The van der Waals surface area contributed by atoms with E-state index in [-0.39, 0.29) is 18.5 Å². The molecule has 2 rings (SSSR count). The van der Waals surface area contributed by atoms with Crippen molar-refractivity contribution >= 4 is 11.9 Å². The average Bonchev–Trinajstić information content (AvgIpc) is 2.95. The second kappa shape index (κ2) is 6.33. The highest BCUT2D eigenvalue weighted by Gasteiger charge is 2.39. The van der Waals surface area contributed by atoms with Crippen LogP contribution in [0.4, 0.5) is 0 Å². The fourth-order valence-electron chi connectivity index (χ4n) is 3.07. The minimum Gasteiger partial charge on any atom is -0.481 e. The number of aromatic nitrogens is 1. The topological polar surface area (TPSA) is 71.3 Å². The van der Waals surface area contributed by atoms with Gasteiger partial charge in [0.2, 0.25) is 0 Å². The van der Waals surface area contributed by atoms with Crippen LogP contribution in [-0.4, -0.2) is 28.1 Å². The summed E-state index contributed by atoms with van der Waals surface area (Å²) in [5, 5.41) is 12.4. The third kappa shape index (κ3) is 3.28. The maximum atomic E-state index is 12.3. The number of nitrogens with one attached hydrogen (secondary N) is 1. The van der Waals surface area contributed by atoms with Crippen molar-refractivity contribution in [2.45, 2.75) is 52.0 Å². The molecule has 0 radical (unpaired) electrons. The van der Waals surface area contributed by atoms with Crippen molar-refractivity contribution in [1.82, 2.24) is 9.88 Å². The fourth-order valence-corrected chi connectivity index (χ4v) is 3.07. The lowest BCUT2D eigenvalue weighted by Gasteiger charge is -2.33. The van der Waals surface area contributed by atoms with Gasteiger partial charge in [0.25, 0.3) is 5.91 Å². The molecule has 1 saturated carbocycles. The van der Waals surface area contributed by atoms with Crippen LogP contribution in [0.1, 0.15) is 62.5 Å². The molecule has 1 heterocycles. The summed E-state index contributed by atoms with van der Waals surface area (Å²) in [4.78, 5) is 23.9. The number of rotatable bonds is 5. The van der Waals surface area contributed by atoms with Gasteiger partial charge in [-0.3, -0.25) is 9.59 Å². The van der Waals surface area contributed by atoms with Gasteiger partial charge < -0.3 is 15.0 Å². The SMILES string of the molecule is CC(C)n1cccc1C(=O)NCC1(C(=O)O)CCCCC1. The third-order valence-electron chi connectivity index (χ3n) is 4.42. The minimum atomic E-state index is -0.790. The van der Waals surface area contributed by atoms with Crippen molar-refractivity contribution < 1.29 is 14.7 Å². The van der Waals surface area contributed by atoms with Gasteiger partial charge >= 0.3 is 5.97 Å². The van der Waals surface area contributed by atoms with Gasteiger partial charge in [0.05, 0.1) is 5.41 Å². The lowest BCUT2D eigenvalue weighted by molar-refractivity contribution is -0.150. The van der Waals surface area contributed by atoms with Crippen LogP contribution in [0.5, 0.6) is 0 Å². The van der Waals surface area contributed by atoms with Gasteiger partial charge in [0.15, 0.2) is 0 Å². The molecule has 2 N–H and O–H groups in total. The highest BCUT2D eigenvalue weighted by Crippen LogP contribution is 2.36. The van der Waals surface area contributed by atoms with Gasteiger partial charge in [-0.1, -0.05) is 19.3 Å². The van der Waals surface area contributed by atoms with Gasteiger partial charge in [0, 0.05) is 18.8 Å². The standard InChI is InChI=1S/C16H24N2O3/c1-12(2)18-10-6-7-13(18)14(19)17-11-16(15(20)21)8-4-3-5-9-16/h6-7,10,12H,3-5,8-9,11H2,1-2H3,(H,17,19)(H,20,21). The van der Waals surface area contributed by atoms with E-state index in [2.05, 4.69) is 5.32 Å². The fraction of sp³-hybridized carbons (Fsp3) is 0.625. The van der Waals surface area contributed by atoms with Gasteiger partial charge in [-0.2, -0.15) is 0 Å². The average molecular weight is 292 g/mol. The predicted molar refractivity (Wildman–Crippen MR) is 80.3 cm³/mol. The quantitative estimate of drug-likeness (QED) is 0.876. The van der Waals surface area contributed by atoms with Gasteiger partial charge in [0.1, 0.15) is 5.69 Å². The van der Waals surface area contributed by atoms with Crippen LogP contribution in [0.3, 0.4) is 0 Å². The van der Waals surface area contributed by atoms with Crippen LogP contribution in [0.15, 0.2) is 18.3 Å². The van der Waals surface area contributed by atoms with Gasteiger partial charge in [-0.25, -0.2) is 0 Å². The van der Waals surface area contributed by atoms with Gasteiger partial charge in [-0.15, -0.1) is 0 Å². The van der Waals surface area contributed by atoms with Crippen molar-refractivity contribution in [3.63, 3.8) is 0 Å². The molecule has 1 amide bonds. The number of carbonyl (C=O) groups is 2. The van der Waals surface area contributed by atoms with Crippen LogP contribution < -0.4 is 5.32 Å². The van der Waals surface area contributed by atoms with E-state index in [1.807, 2.05) is 30.7 Å². The maximum absolute atomic E-state index is 12.3. The molecule has 21 heavy (non-hydrogen) atoms. The van der Waals surface area contributed by atoms with Crippen molar-refractivity contribution in [3.05, 3.63) is 24.0 Å². The van der Waals surface area contributed by atoms with Crippen molar-refractivity contribution in [2.75, 3.05) is 6.54 Å². The molecule has 1 fully saturated rings. The Hall–Kier alpha value is -1.78. The summed E-state index contributed by atoms with van der Waals surface area (Å²) in [5.74, 6) is -0.985. The number of aliphatic carboxylic acids is 1. The smallest absolute Gasteiger partial charge is 0.311 e.